The van der Waals surface area contributed by atoms with Gasteiger partial charge in [-0.25, -0.2) is 4.98 Å². The van der Waals surface area contributed by atoms with Crippen LogP contribution in [0.1, 0.15) is 16.2 Å². The Bertz CT molecular complexity index is 618. The van der Waals surface area contributed by atoms with Gasteiger partial charge in [0.1, 0.15) is 6.33 Å². The summed E-state index contributed by atoms with van der Waals surface area (Å²) in [6.45, 7) is 0.420. The fourth-order valence-electron chi connectivity index (χ4n) is 1.63. The van der Waals surface area contributed by atoms with Gasteiger partial charge in [0.25, 0.3) is 5.91 Å². The van der Waals surface area contributed by atoms with Crippen LogP contribution in [0.5, 0.6) is 0 Å². The smallest absolute Gasteiger partial charge is 0.251 e. The Balaban J connectivity index is 1.95. The molecule has 1 heterocycles. The number of nitrogens with one attached hydrogen (secondary N) is 1. The number of carbonyl (C=O) groups is 1. The van der Waals surface area contributed by atoms with Crippen LogP contribution in [0.15, 0.2) is 18.5 Å². The van der Waals surface area contributed by atoms with Crippen LogP contribution >= 0.6 is 23.2 Å². The monoisotopic (exact) mass is 313 g/mol. The number of benzene rings is 1. The van der Waals surface area contributed by atoms with Gasteiger partial charge in [0.05, 0.1) is 15.7 Å². The van der Waals surface area contributed by atoms with E-state index in [4.69, 9.17) is 28.9 Å². The van der Waals surface area contributed by atoms with E-state index in [0.29, 0.717) is 24.4 Å². The molecule has 1 aromatic heterocycles. The topological polar surface area (TPSA) is 85.8 Å². The van der Waals surface area contributed by atoms with Crippen LogP contribution < -0.4 is 11.1 Å². The lowest BCUT2D eigenvalue weighted by molar-refractivity contribution is 0.0954. The van der Waals surface area contributed by atoms with E-state index < -0.39 is 0 Å². The van der Waals surface area contributed by atoms with E-state index in [9.17, 15) is 4.79 Å². The highest BCUT2D eigenvalue weighted by atomic mass is 35.5. The standard InChI is InChI=1S/C12H13Cl2N5O/c1-19-6-17-10(18-19)2-3-16-12(20)7-4-8(13)11(14)9(15)5-7/h4-6H,2-3,15H2,1H3,(H,16,20). The lowest BCUT2D eigenvalue weighted by atomic mass is 10.2. The van der Waals surface area contributed by atoms with Gasteiger partial charge >= 0.3 is 0 Å². The first-order chi connectivity index (χ1) is 9.47. The number of anilines is 1. The first-order valence-corrected chi connectivity index (χ1v) is 6.60. The van der Waals surface area contributed by atoms with Crippen molar-refractivity contribution in [3.05, 3.63) is 39.9 Å². The van der Waals surface area contributed by atoms with Gasteiger partial charge in [0.15, 0.2) is 5.82 Å². The van der Waals surface area contributed by atoms with Gasteiger partial charge in [-0.05, 0) is 12.1 Å². The number of hydrogen-bond donors (Lipinski definition) is 2. The second-order valence-electron chi connectivity index (χ2n) is 4.20. The summed E-state index contributed by atoms with van der Waals surface area (Å²) in [5, 5.41) is 7.36. The Kier molecular flexibility index (Phi) is 4.46. The average molecular weight is 314 g/mol. The number of nitrogens with two attached hydrogens (primary N) is 1. The highest BCUT2D eigenvalue weighted by Crippen LogP contribution is 2.29. The van der Waals surface area contributed by atoms with Gasteiger partial charge in [-0.15, -0.1) is 0 Å². The molecule has 8 heteroatoms. The summed E-state index contributed by atoms with van der Waals surface area (Å²) in [6.07, 6.45) is 2.15. The van der Waals surface area contributed by atoms with Crippen molar-refractivity contribution in [3.63, 3.8) is 0 Å². The molecule has 0 aliphatic carbocycles. The molecule has 0 atom stereocenters. The van der Waals surface area contributed by atoms with E-state index in [0.717, 1.165) is 0 Å². The lowest BCUT2D eigenvalue weighted by Crippen LogP contribution is -2.26. The Hall–Kier alpha value is -1.79. The van der Waals surface area contributed by atoms with Crippen molar-refractivity contribution in [2.75, 3.05) is 12.3 Å². The predicted molar refractivity (Wildman–Crippen MR) is 77.9 cm³/mol. The van der Waals surface area contributed by atoms with Crippen LogP contribution in [-0.4, -0.2) is 27.2 Å². The maximum atomic E-state index is 11.9. The maximum absolute atomic E-state index is 11.9. The highest BCUT2D eigenvalue weighted by molar-refractivity contribution is 6.43. The zero-order chi connectivity index (χ0) is 14.7. The number of nitrogens with zero attached hydrogens (tertiary/aromatic N) is 3. The Morgan fingerprint density at radius 3 is 2.80 bits per heavy atom. The van der Waals surface area contributed by atoms with Crippen LogP contribution in [-0.2, 0) is 13.5 Å². The van der Waals surface area contributed by atoms with Gasteiger partial charge in [-0.3, -0.25) is 9.48 Å². The first kappa shape index (κ1) is 14.6. The second-order valence-corrected chi connectivity index (χ2v) is 4.99. The Labute approximate surface area is 125 Å². The third kappa shape index (κ3) is 3.40. The van der Waals surface area contributed by atoms with Gasteiger partial charge in [-0.2, -0.15) is 5.10 Å². The zero-order valence-corrected chi connectivity index (χ0v) is 12.2. The molecule has 0 bridgehead atoms. The highest BCUT2D eigenvalue weighted by Gasteiger charge is 2.11. The summed E-state index contributed by atoms with van der Waals surface area (Å²) < 4.78 is 1.61. The normalized spacial score (nSPS) is 10.6. The largest absolute Gasteiger partial charge is 0.397 e. The third-order valence-electron chi connectivity index (χ3n) is 2.60. The summed E-state index contributed by atoms with van der Waals surface area (Å²) in [7, 11) is 1.79. The molecule has 1 amide bonds. The van der Waals surface area contributed by atoms with Crippen molar-refractivity contribution in [3.8, 4) is 0 Å². The number of nitrogen functional groups attached to an aromatic ring is 1. The first-order valence-electron chi connectivity index (χ1n) is 5.84. The summed E-state index contributed by atoms with van der Waals surface area (Å²) in [6, 6.07) is 2.97. The van der Waals surface area contributed by atoms with Crippen LogP contribution in [0.2, 0.25) is 10.0 Å². The van der Waals surface area contributed by atoms with Crippen molar-refractivity contribution in [2.45, 2.75) is 6.42 Å². The maximum Gasteiger partial charge on any atom is 0.251 e. The van der Waals surface area contributed by atoms with Crippen molar-refractivity contribution in [2.24, 2.45) is 7.05 Å². The number of halogens is 2. The molecule has 0 spiro atoms. The van der Waals surface area contributed by atoms with E-state index in [1.807, 2.05) is 0 Å². The van der Waals surface area contributed by atoms with E-state index in [-0.39, 0.29) is 21.6 Å². The molecule has 106 valence electrons. The van der Waals surface area contributed by atoms with Gasteiger partial charge in [0.2, 0.25) is 0 Å². The number of aryl methyl sites for hydroxylation is 1. The van der Waals surface area contributed by atoms with Gasteiger partial charge < -0.3 is 11.1 Å². The molecule has 0 aliphatic heterocycles. The quantitative estimate of drug-likeness (QED) is 0.841. The number of aromatic nitrogens is 3. The molecular weight excluding hydrogens is 301 g/mol. The van der Waals surface area contributed by atoms with Crippen molar-refractivity contribution < 1.29 is 4.79 Å². The molecule has 0 aliphatic rings. The Morgan fingerprint density at radius 1 is 1.45 bits per heavy atom. The SMILES string of the molecule is Cn1cnc(CCNC(=O)c2cc(N)c(Cl)c(Cl)c2)n1. The van der Waals surface area contributed by atoms with Crippen LogP contribution in [0.4, 0.5) is 5.69 Å². The summed E-state index contributed by atoms with van der Waals surface area (Å²) in [5.74, 6) is 0.396. The molecular formula is C12H13Cl2N5O. The van der Waals surface area contributed by atoms with Crippen LogP contribution in [0, 0.1) is 0 Å². The molecule has 0 unspecified atom stereocenters. The van der Waals surface area contributed by atoms with Crippen molar-refractivity contribution in [1.29, 1.82) is 0 Å². The van der Waals surface area contributed by atoms with E-state index >= 15 is 0 Å². The number of carbonyl (C=O) groups excluding carboxylic acids is 1. The fourth-order valence-corrected chi connectivity index (χ4v) is 1.97. The molecule has 0 fully saturated rings. The summed E-state index contributed by atoms with van der Waals surface area (Å²) >= 11 is 11.7. The van der Waals surface area contributed by atoms with E-state index in [2.05, 4.69) is 15.4 Å². The van der Waals surface area contributed by atoms with Gasteiger partial charge in [-0.1, -0.05) is 23.2 Å². The van der Waals surface area contributed by atoms with Crippen molar-refractivity contribution >= 4 is 34.8 Å². The van der Waals surface area contributed by atoms with Crippen LogP contribution in [0.3, 0.4) is 0 Å². The number of hydrogen-bond acceptors (Lipinski definition) is 4. The minimum atomic E-state index is -0.272. The van der Waals surface area contributed by atoms with Crippen molar-refractivity contribution in [1.82, 2.24) is 20.1 Å². The fraction of sp³-hybridized carbons (Fsp3) is 0.250. The molecule has 6 nitrogen and oxygen atoms in total. The van der Waals surface area contributed by atoms with E-state index in [1.165, 1.54) is 12.1 Å². The summed E-state index contributed by atoms with van der Waals surface area (Å²) in [5.41, 5.74) is 6.30. The third-order valence-corrected chi connectivity index (χ3v) is 3.42. The molecule has 3 N–H and O–H groups in total. The molecule has 0 saturated carbocycles. The molecule has 2 rings (SSSR count). The van der Waals surface area contributed by atoms with E-state index in [1.54, 1.807) is 18.1 Å². The lowest BCUT2D eigenvalue weighted by Gasteiger charge is -2.07. The molecule has 2 aromatic rings. The molecule has 1 aromatic carbocycles. The molecule has 0 saturated heterocycles. The molecule has 0 radical (unpaired) electrons. The second kappa shape index (κ2) is 6.11. The summed E-state index contributed by atoms with van der Waals surface area (Å²) in [4.78, 5) is 16.0. The Morgan fingerprint density at radius 2 is 2.20 bits per heavy atom. The van der Waals surface area contributed by atoms with Gasteiger partial charge in [0, 0.05) is 25.6 Å². The van der Waals surface area contributed by atoms with Crippen LogP contribution in [0.25, 0.3) is 0 Å². The predicted octanol–water partition coefficient (Wildman–Crippen LogP) is 1.68. The minimum Gasteiger partial charge on any atom is -0.397 e. The zero-order valence-electron chi connectivity index (χ0n) is 10.7. The average Bonchev–Trinajstić information content (AvgIpc) is 2.81. The number of rotatable bonds is 4. The molecule has 20 heavy (non-hydrogen) atoms. The minimum absolute atomic E-state index is 0.251. The number of amides is 1.